The van der Waals surface area contributed by atoms with Gasteiger partial charge < -0.3 is 15.8 Å². The van der Waals surface area contributed by atoms with Crippen LogP contribution in [0.25, 0.3) is 5.69 Å². The van der Waals surface area contributed by atoms with Crippen LogP contribution in [0, 0.1) is 5.82 Å². The number of hydrogen-bond donors (Lipinski definition) is 3. The van der Waals surface area contributed by atoms with Gasteiger partial charge in [0.2, 0.25) is 0 Å². The number of urea groups is 1. The highest BCUT2D eigenvalue weighted by molar-refractivity contribution is 5.88. The summed E-state index contributed by atoms with van der Waals surface area (Å²) in [6.07, 6.45) is 2.32. The molecule has 30 heavy (non-hydrogen) atoms. The zero-order valence-electron chi connectivity index (χ0n) is 16.9. The molecule has 1 atom stereocenters. The number of amides is 2. The molecule has 0 aliphatic carbocycles. The number of anilines is 1. The van der Waals surface area contributed by atoms with Gasteiger partial charge in [0.25, 0.3) is 0 Å². The Kier molecular flexibility index (Phi) is 5.17. The summed E-state index contributed by atoms with van der Waals surface area (Å²) in [7, 11) is 0. The minimum atomic E-state index is -0.429. The van der Waals surface area contributed by atoms with Crippen molar-refractivity contribution >= 4 is 11.8 Å². The smallest absolute Gasteiger partial charge is 0.320 e. The molecular weight excluding hydrogens is 385 g/mol. The fraction of sp³-hybridized carbons (Fsp3) is 0.273. The van der Waals surface area contributed by atoms with Gasteiger partial charge in [-0.2, -0.15) is 0 Å². The van der Waals surface area contributed by atoms with Gasteiger partial charge in [-0.15, -0.1) is 5.10 Å². The lowest BCUT2D eigenvalue weighted by Crippen LogP contribution is -2.35. The highest BCUT2D eigenvalue weighted by Gasteiger charge is 2.25. The highest BCUT2D eigenvalue weighted by atomic mass is 19.1. The van der Waals surface area contributed by atoms with Gasteiger partial charge in [-0.1, -0.05) is 24.3 Å². The number of para-hydroxylation sites is 1. The lowest BCUT2D eigenvalue weighted by Gasteiger charge is -2.26. The van der Waals surface area contributed by atoms with Crippen LogP contribution in [0.5, 0.6) is 5.75 Å². The number of carbonyl (C=O) groups is 1. The third kappa shape index (κ3) is 4.13. The molecule has 4 N–H and O–H groups in total. The molecule has 0 radical (unpaired) electrons. The quantitative estimate of drug-likeness (QED) is 0.610. The van der Waals surface area contributed by atoms with Crippen LogP contribution in [0.1, 0.15) is 37.4 Å². The van der Waals surface area contributed by atoms with Gasteiger partial charge >= 0.3 is 6.03 Å². The average Bonchev–Trinajstić information content (AvgIpc) is 3.16. The summed E-state index contributed by atoms with van der Waals surface area (Å²) >= 11 is 0. The first-order chi connectivity index (χ1) is 14.3. The molecule has 156 valence electrons. The number of halogens is 1. The number of nitrogens with zero attached hydrogens (tertiary/aromatic N) is 2. The predicted molar refractivity (Wildman–Crippen MR) is 112 cm³/mol. The largest absolute Gasteiger partial charge is 0.490 e. The molecule has 0 fully saturated rings. The van der Waals surface area contributed by atoms with Crippen LogP contribution in [0.2, 0.25) is 0 Å². The van der Waals surface area contributed by atoms with Crippen molar-refractivity contribution in [3.8, 4) is 11.4 Å². The minimum absolute atomic E-state index is 0.197. The van der Waals surface area contributed by atoms with Crippen LogP contribution in [-0.4, -0.2) is 22.4 Å². The summed E-state index contributed by atoms with van der Waals surface area (Å²) in [5.74, 6) is 0.173. The van der Waals surface area contributed by atoms with Gasteiger partial charge in [-0.3, -0.25) is 5.32 Å². The van der Waals surface area contributed by atoms with Gasteiger partial charge in [0.05, 0.1) is 18.3 Å². The summed E-state index contributed by atoms with van der Waals surface area (Å²) in [5, 5.41) is 9.98. The van der Waals surface area contributed by atoms with Gasteiger partial charge in [0, 0.05) is 29.8 Å². The summed E-state index contributed by atoms with van der Waals surface area (Å²) in [6.45, 7) is 4.23. The Hall–Kier alpha value is -3.39. The van der Waals surface area contributed by atoms with Gasteiger partial charge in [0.15, 0.2) is 17.4 Å². The number of aromatic nitrogens is 2. The van der Waals surface area contributed by atoms with E-state index in [0.717, 1.165) is 11.3 Å². The van der Waals surface area contributed by atoms with Gasteiger partial charge in [-0.05, 0) is 37.6 Å². The zero-order valence-corrected chi connectivity index (χ0v) is 16.9. The van der Waals surface area contributed by atoms with Crippen LogP contribution >= 0.6 is 0 Å². The van der Waals surface area contributed by atoms with Crippen LogP contribution in [0.3, 0.4) is 0 Å². The van der Waals surface area contributed by atoms with Crippen molar-refractivity contribution in [3.63, 3.8) is 0 Å². The molecule has 8 heteroatoms. The lowest BCUT2D eigenvalue weighted by molar-refractivity contribution is 0.227. The van der Waals surface area contributed by atoms with Crippen LogP contribution in [0.15, 0.2) is 54.7 Å². The molecule has 1 aliphatic rings. The molecule has 1 aliphatic heterocycles. The number of rotatable bonds is 4. The molecule has 7 nitrogen and oxygen atoms in total. The van der Waals surface area contributed by atoms with E-state index in [2.05, 4.69) is 15.7 Å². The molecular formula is C22H24FN5O2. The molecule has 3 aromatic rings. The van der Waals surface area contributed by atoms with E-state index in [9.17, 15) is 9.18 Å². The molecule has 0 saturated heterocycles. The monoisotopic (exact) mass is 409 g/mol. The van der Waals surface area contributed by atoms with Crippen molar-refractivity contribution in [2.24, 2.45) is 5.73 Å². The summed E-state index contributed by atoms with van der Waals surface area (Å²) in [4.78, 5) is 12.5. The Morgan fingerprint density at radius 2 is 2.00 bits per heavy atom. The maximum absolute atomic E-state index is 13.9. The Balaban J connectivity index is 1.42. The molecule has 2 aromatic carbocycles. The van der Waals surface area contributed by atoms with E-state index >= 15 is 0 Å². The van der Waals surface area contributed by atoms with E-state index in [1.807, 2.05) is 38.1 Å². The van der Waals surface area contributed by atoms with Gasteiger partial charge in [-0.25, -0.2) is 13.9 Å². The van der Waals surface area contributed by atoms with Crippen LogP contribution in [-0.2, 0) is 5.54 Å². The first kappa shape index (κ1) is 19.9. The number of fused-ring (bicyclic) bond motifs is 1. The zero-order chi connectivity index (χ0) is 21.3. The number of nitrogens with two attached hydrogens (primary N) is 1. The topological polar surface area (TPSA) is 94.2 Å². The van der Waals surface area contributed by atoms with E-state index in [4.69, 9.17) is 10.5 Å². The second kappa shape index (κ2) is 7.79. The van der Waals surface area contributed by atoms with E-state index in [1.165, 1.54) is 6.07 Å². The minimum Gasteiger partial charge on any atom is -0.490 e. The van der Waals surface area contributed by atoms with Crippen molar-refractivity contribution in [1.82, 2.24) is 15.1 Å². The molecule has 1 aromatic heterocycles. The molecule has 0 saturated carbocycles. The predicted octanol–water partition coefficient (Wildman–Crippen LogP) is 3.85. The second-order valence-corrected chi connectivity index (χ2v) is 7.86. The summed E-state index contributed by atoms with van der Waals surface area (Å²) in [6, 6.07) is 13.4. The Morgan fingerprint density at radius 3 is 2.73 bits per heavy atom. The number of benzene rings is 2. The molecule has 2 heterocycles. The van der Waals surface area contributed by atoms with Crippen molar-refractivity contribution in [1.29, 1.82) is 0 Å². The van der Waals surface area contributed by atoms with E-state index < -0.39 is 17.4 Å². The first-order valence-corrected chi connectivity index (χ1v) is 9.75. The van der Waals surface area contributed by atoms with E-state index in [0.29, 0.717) is 24.4 Å². The molecule has 2 amide bonds. The number of hydrogen-bond acceptors (Lipinski definition) is 4. The summed E-state index contributed by atoms with van der Waals surface area (Å²) < 4.78 is 21.0. The summed E-state index contributed by atoms with van der Waals surface area (Å²) in [5.41, 5.74) is 8.20. The Bertz CT molecular complexity index is 1060. The normalized spacial score (nSPS) is 15.8. The lowest BCUT2D eigenvalue weighted by atomic mass is 9.96. The van der Waals surface area contributed by atoms with Crippen LogP contribution < -0.4 is 21.1 Å². The standard InChI is InChI=1S/C22H24FN5O2/c1-22(2,24)14-6-8-15(9-7-14)28-12-10-19(27-28)26-21(29)25-18-11-13-30-20-16(18)4-3-5-17(20)23/h3-10,12,18H,11,13,24H2,1-2H3,(H2,25,26,27,29)/t18-/m0/s1. The van der Waals surface area contributed by atoms with Crippen molar-refractivity contribution in [3.05, 3.63) is 71.7 Å². The second-order valence-electron chi connectivity index (χ2n) is 7.86. The van der Waals surface area contributed by atoms with E-state index in [-0.39, 0.29) is 11.8 Å². The van der Waals surface area contributed by atoms with E-state index in [1.54, 1.807) is 29.1 Å². The van der Waals surface area contributed by atoms with Crippen molar-refractivity contribution in [2.75, 3.05) is 11.9 Å². The molecule has 0 unspecified atom stereocenters. The molecule has 4 rings (SSSR count). The molecule has 0 spiro atoms. The first-order valence-electron chi connectivity index (χ1n) is 9.75. The van der Waals surface area contributed by atoms with Crippen molar-refractivity contribution < 1.29 is 13.9 Å². The number of nitrogens with one attached hydrogen (secondary N) is 2. The number of ether oxygens (including phenoxy) is 1. The Morgan fingerprint density at radius 1 is 1.23 bits per heavy atom. The Labute approximate surface area is 174 Å². The average molecular weight is 409 g/mol. The SMILES string of the molecule is CC(C)(N)c1ccc(-n2ccc(NC(=O)N[C@H]3CCOc4c(F)cccc43)n2)cc1. The molecule has 0 bridgehead atoms. The maximum Gasteiger partial charge on any atom is 0.320 e. The van der Waals surface area contributed by atoms with Crippen LogP contribution in [0.4, 0.5) is 15.0 Å². The highest BCUT2D eigenvalue weighted by Crippen LogP contribution is 2.34. The fourth-order valence-corrected chi connectivity index (χ4v) is 3.43. The van der Waals surface area contributed by atoms with Gasteiger partial charge in [0.1, 0.15) is 0 Å². The fourth-order valence-electron chi connectivity index (χ4n) is 3.43. The number of carbonyl (C=O) groups excluding carboxylic acids is 1. The third-order valence-corrected chi connectivity index (χ3v) is 5.04. The maximum atomic E-state index is 13.9. The third-order valence-electron chi connectivity index (χ3n) is 5.04. The van der Waals surface area contributed by atoms with Crippen molar-refractivity contribution in [2.45, 2.75) is 31.8 Å².